The van der Waals surface area contributed by atoms with Crippen molar-refractivity contribution in [3.05, 3.63) is 12.4 Å². The van der Waals surface area contributed by atoms with Gasteiger partial charge in [0, 0.05) is 12.1 Å². The normalized spacial score (nSPS) is 10.7. The van der Waals surface area contributed by atoms with Crippen LogP contribution >= 0.6 is 0 Å². The Hall–Kier alpha value is -0.860. The summed E-state index contributed by atoms with van der Waals surface area (Å²) in [6.45, 7) is 3.62. The largest absolute Gasteiger partial charge is 0.350 e. The van der Waals surface area contributed by atoms with E-state index in [2.05, 4.69) is 5.32 Å². The van der Waals surface area contributed by atoms with Gasteiger partial charge in [-0.15, -0.1) is 0 Å². The van der Waals surface area contributed by atoms with E-state index in [1.807, 2.05) is 13.8 Å². The van der Waals surface area contributed by atoms with Crippen LogP contribution in [0.5, 0.6) is 0 Å². The lowest BCUT2D eigenvalue weighted by molar-refractivity contribution is -0.117. The molecule has 0 aliphatic rings. The van der Waals surface area contributed by atoms with Gasteiger partial charge in [-0.1, -0.05) is 0 Å². The number of carbonyl (C=O) groups is 1. The molecule has 0 radical (unpaired) electrons. The molecule has 3 heteroatoms. The van der Waals surface area contributed by atoms with Gasteiger partial charge in [0.15, 0.2) is 0 Å². The molecule has 0 saturated carbocycles. The van der Waals surface area contributed by atoms with E-state index in [4.69, 9.17) is 0 Å². The fourth-order valence-electron chi connectivity index (χ4n) is 0.390. The fraction of sp³-hybridized carbons (Fsp3) is 0.500. The van der Waals surface area contributed by atoms with Crippen LogP contribution in [0.4, 0.5) is 4.39 Å². The lowest BCUT2D eigenvalue weighted by Gasteiger charge is -2.02. The molecule has 9 heavy (non-hydrogen) atoms. The van der Waals surface area contributed by atoms with Crippen molar-refractivity contribution in [1.29, 1.82) is 0 Å². The van der Waals surface area contributed by atoms with Crippen LogP contribution in [-0.2, 0) is 4.79 Å². The Bertz CT molecular complexity index is 120. The van der Waals surface area contributed by atoms with Crippen molar-refractivity contribution in [2.75, 3.05) is 0 Å². The molecule has 1 N–H and O–H groups in total. The second-order valence-electron chi connectivity index (χ2n) is 1.96. The maximum Gasteiger partial charge on any atom is 0.246 e. The molecule has 0 fully saturated rings. The number of hydrogen-bond donors (Lipinski definition) is 1. The molecular formula is C6H10FNO. The Kier molecular flexibility index (Phi) is 3.67. The van der Waals surface area contributed by atoms with Gasteiger partial charge in [-0.2, -0.15) is 0 Å². The first-order valence-corrected chi connectivity index (χ1v) is 2.74. The third kappa shape index (κ3) is 5.00. The molecule has 2 nitrogen and oxygen atoms in total. The summed E-state index contributed by atoms with van der Waals surface area (Å²) in [5, 5.41) is 2.48. The standard InChI is InChI=1S/C6H10FNO/c1-5(2)8-6(9)3-4-7/h3-5H,1-2H3,(H,8,9). The van der Waals surface area contributed by atoms with Crippen LogP contribution in [0, 0.1) is 0 Å². The minimum Gasteiger partial charge on any atom is -0.350 e. The molecule has 0 spiro atoms. The number of nitrogens with one attached hydrogen (secondary N) is 1. The monoisotopic (exact) mass is 131 g/mol. The topological polar surface area (TPSA) is 29.1 Å². The van der Waals surface area contributed by atoms with Gasteiger partial charge >= 0.3 is 0 Å². The highest BCUT2D eigenvalue weighted by Crippen LogP contribution is 1.78. The zero-order valence-corrected chi connectivity index (χ0v) is 5.52. The zero-order chi connectivity index (χ0) is 7.28. The van der Waals surface area contributed by atoms with Gasteiger partial charge in [0.1, 0.15) is 0 Å². The first kappa shape index (κ1) is 8.14. The van der Waals surface area contributed by atoms with Gasteiger partial charge in [-0.3, -0.25) is 4.79 Å². The quantitative estimate of drug-likeness (QED) is 0.556. The predicted molar refractivity (Wildman–Crippen MR) is 33.5 cm³/mol. The summed E-state index contributed by atoms with van der Waals surface area (Å²) >= 11 is 0. The zero-order valence-electron chi connectivity index (χ0n) is 5.52. The maximum atomic E-state index is 11.3. The highest BCUT2D eigenvalue weighted by atomic mass is 19.1. The first-order valence-electron chi connectivity index (χ1n) is 2.74. The van der Waals surface area contributed by atoms with Crippen LogP contribution in [-0.4, -0.2) is 11.9 Å². The van der Waals surface area contributed by atoms with Gasteiger partial charge in [0.25, 0.3) is 0 Å². The van der Waals surface area contributed by atoms with E-state index in [1.165, 1.54) is 0 Å². The molecule has 0 heterocycles. The molecule has 0 rings (SSSR count). The summed E-state index contributed by atoms with van der Waals surface area (Å²) in [7, 11) is 0. The first-order chi connectivity index (χ1) is 4.16. The highest BCUT2D eigenvalue weighted by molar-refractivity contribution is 5.87. The van der Waals surface area contributed by atoms with Crippen LogP contribution in [0.2, 0.25) is 0 Å². The second kappa shape index (κ2) is 4.06. The minimum absolute atomic E-state index is 0.0636. The molecule has 52 valence electrons. The van der Waals surface area contributed by atoms with Gasteiger partial charge in [-0.25, -0.2) is 4.39 Å². The van der Waals surface area contributed by atoms with E-state index in [9.17, 15) is 9.18 Å². The van der Waals surface area contributed by atoms with Crippen LogP contribution in [0.15, 0.2) is 12.4 Å². The van der Waals surface area contributed by atoms with E-state index >= 15 is 0 Å². The van der Waals surface area contributed by atoms with Crippen molar-refractivity contribution in [3.8, 4) is 0 Å². The summed E-state index contributed by atoms with van der Waals surface area (Å²) in [5.41, 5.74) is 0. The van der Waals surface area contributed by atoms with Gasteiger partial charge < -0.3 is 5.32 Å². The number of carbonyl (C=O) groups excluding carboxylic acids is 1. The Morgan fingerprint density at radius 1 is 1.67 bits per heavy atom. The molecule has 0 unspecified atom stereocenters. The number of hydrogen-bond acceptors (Lipinski definition) is 1. The van der Waals surface area contributed by atoms with Crippen LogP contribution in [0.3, 0.4) is 0 Å². The average molecular weight is 131 g/mol. The SMILES string of the molecule is CC(C)NC(=O)C=CF. The average Bonchev–Trinajstić information content (AvgIpc) is 1.63. The van der Waals surface area contributed by atoms with E-state index < -0.39 is 5.91 Å². The van der Waals surface area contributed by atoms with Crippen molar-refractivity contribution in [1.82, 2.24) is 5.32 Å². The maximum absolute atomic E-state index is 11.3. The van der Waals surface area contributed by atoms with E-state index in [-0.39, 0.29) is 12.4 Å². The van der Waals surface area contributed by atoms with Crippen LogP contribution in [0.25, 0.3) is 0 Å². The molecular weight excluding hydrogens is 121 g/mol. The number of halogens is 1. The Morgan fingerprint density at radius 2 is 2.22 bits per heavy atom. The molecule has 0 aliphatic carbocycles. The third-order valence-corrected chi connectivity index (χ3v) is 0.645. The van der Waals surface area contributed by atoms with Gasteiger partial charge in [0.2, 0.25) is 5.91 Å². The molecule has 0 aliphatic heterocycles. The Morgan fingerprint density at radius 3 is 2.56 bits per heavy atom. The summed E-state index contributed by atoms with van der Waals surface area (Å²) < 4.78 is 11.3. The van der Waals surface area contributed by atoms with E-state index in [0.29, 0.717) is 0 Å². The molecule has 0 atom stereocenters. The van der Waals surface area contributed by atoms with Crippen molar-refractivity contribution in [3.63, 3.8) is 0 Å². The number of rotatable bonds is 2. The van der Waals surface area contributed by atoms with Crippen LogP contribution < -0.4 is 5.32 Å². The van der Waals surface area contributed by atoms with Crippen molar-refractivity contribution < 1.29 is 9.18 Å². The number of amides is 1. The summed E-state index contributed by atoms with van der Waals surface area (Å²) in [6.07, 6.45) is 1.07. The second-order valence-corrected chi connectivity index (χ2v) is 1.96. The fourth-order valence-corrected chi connectivity index (χ4v) is 0.390. The van der Waals surface area contributed by atoms with Gasteiger partial charge in [0.05, 0.1) is 6.33 Å². The molecule has 0 aromatic heterocycles. The van der Waals surface area contributed by atoms with E-state index in [0.717, 1.165) is 6.08 Å². The summed E-state index contributed by atoms with van der Waals surface area (Å²) in [6, 6.07) is 0.0636. The predicted octanol–water partition coefficient (Wildman–Crippen LogP) is 0.994. The molecule has 0 bridgehead atoms. The van der Waals surface area contributed by atoms with Crippen molar-refractivity contribution in [2.45, 2.75) is 19.9 Å². The highest BCUT2D eigenvalue weighted by Gasteiger charge is 1.95. The summed E-state index contributed by atoms with van der Waals surface area (Å²) in [4.78, 5) is 10.4. The molecule has 0 aromatic rings. The van der Waals surface area contributed by atoms with Gasteiger partial charge in [-0.05, 0) is 13.8 Å². The summed E-state index contributed by atoms with van der Waals surface area (Å²) in [5.74, 6) is -0.396. The molecule has 0 aromatic carbocycles. The van der Waals surface area contributed by atoms with E-state index in [1.54, 1.807) is 0 Å². The Labute approximate surface area is 53.8 Å². The lowest BCUT2D eigenvalue weighted by atomic mass is 10.4. The van der Waals surface area contributed by atoms with Crippen molar-refractivity contribution >= 4 is 5.91 Å². The Balaban J connectivity index is 3.51. The smallest absolute Gasteiger partial charge is 0.246 e. The molecule has 0 saturated heterocycles. The third-order valence-electron chi connectivity index (χ3n) is 0.645. The lowest BCUT2D eigenvalue weighted by Crippen LogP contribution is -2.28. The minimum atomic E-state index is -0.396. The molecule has 1 amide bonds. The van der Waals surface area contributed by atoms with Crippen LogP contribution in [0.1, 0.15) is 13.8 Å². The van der Waals surface area contributed by atoms with Crippen molar-refractivity contribution in [2.24, 2.45) is 0 Å².